The van der Waals surface area contributed by atoms with Gasteiger partial charge in [0.1, 0.15) is 0 Å². The summed E-state index contributed by atoms with van der Waals surface area (Å²) in [4.78, 5) is 12.3. The number of rotatable bonds is 2. The minimum atomic E-state index is -0.224. The number of ether oxygens (including phenoxy) is 1. The SMILES string of the molecule is Cc1ccc(NC(=O)c2n[nH]c3c2COCC3)c(Br)c1. The summed E-state index contributed by atoms with van der Waals surface area (Å²) in [6.07, 6.45) is 0.768. The molecule has 0 unspecified atom stereocenters. The van der Waals surface area contributed by atoms with Crippen LogP contribution in [0.4, 0.5) is 5.69 Å². The summed E-state index contributed by atoms with van der Waals surface area (Å²) < 4.78 is 6.24. The number of nitrogens with one attached hydrogen (secondary N) is 2. The van der Waals surface area contributed by atoms with Crippen LogP contribution >= 0.6 is 15.9 Å². The summed E-state index contributed by atoms with van der Waals surface area (Å²) in [5, 5.41) is 9.89. The predicted octanol–water partition coefficient (Wildman–Crippen LogP) is 2.81. The molecule has 1 aliphatic rings. The van der Waals surface area contributed by atoms with Gasteiger partial charge in [-0.2, -0.15) is 5.10 Å². The fraction of sp³-hybridized carbons (Fsp3) is 0.286. The fourth-order valence-electron chi connectivity index (χ4n) is 2.20. The molecule has 2 aromatic rings. The Morgan fingerprint density at radius 1 is 1.50 bits per heavy atom. The number of halogens is 1. The van der Waals surface area contributed by atoms with Gasteiger partial charge in [-0.3, -0.25) is 9.89 Å². The number of H-pyrrole nitrogens is 1. The first kappa shape index (κ1) is 13.3. The monoisotopic (exact) mass is 335 g/mol. The van der Waals surface area contributed by atoms with Crippen molar-refractivity contribution < 1.29 is 9.53 Å². The molecule has 0 spiro atoms. The maximum atomic E-state index is 12.3. The molecule has 1 aromatic carbocycles. The largest absolute Gasteiger partial charge is 0.376 e. The third-order valence-corrected chi connectivity index (χ3v) is 3.94. The van der Waals surface area contributed by atoms with Crippen molar-refractivity contribution >= 4 is 27.5 Å². The van der Waals surface area contributed by atoms with Gasteiger partial charge in [-0.05, 0) is 40.5 Å². The van der Waals surface area contributed by atoms with Crippen LogP contribution in [0, 0.1) is 6.92 Å². The van der Waals surface area contributed by atoms with Crippen molar-refractivity contribution in [1.29, 1.82) is 0 Å². The number of aryl methyl sites for hydroxylation is 1. The van der Waals surface area contributed by atoms with Crippen LogP contribution in [0.25, 0.3) is 0 Å². The molecule has 104 valence electrons. The maximum Gasteiger partial charge on any atom is 0.276 e. The molecule has 2 heterocycles. The van der Waals surface area contributed by atoms with Gasteiger partial charge >= 0.3 is 0 Å². The van der Waals surface area contributed by atoms with E-state index in [2.05, 4.69) is 31.4 Å². The Kier molecular flexibility index (Phi) is 3.58. The van der Waals surface area contributed by atoms with Gasteiger partial charge < -0.3 is 10.1 Å². The summed E-state index contributed by atoms with van der Waals surface area (Å²) >= 11 is 3.45. The molecule has 1 aromatic heterocycles. The molecule has 6 heteroatoms. The molecule has 0 radical (unpaired) electrons. The lowest BCUT2D eigenvalue weighted by Crippen LogP contribution is -2.17. The molecular weight excluding hydrogens is 322 g/mol. The first-order valence-electron chi connectivity index (χ1n) is 6.36. The second-order valence-corrected chi connectivity index (χ2v) is 5.62. The summed E-state index contributed by atoms with van der Waals surface area (Å²) in [5.41, 5.74) is 4.11. The molecule has 0 fully saturated rings. The van der Waals surface area contributed by atoms with E-state index in [0.29, 0.717) is 18.9 Å². The van der Waals surface area contributed by atoms with Gasteiger partial charge in [-0.1, -0.05) is 6.07 Å². The Morgan fingerprint density at radius 2 is 2.35 bits per heavy atom. The van der Waals surface area contributed by atoms with Crippen molar-refractivity contribution in [2.24, 2.45) is 0 Å². The van der Waals surface area contributed by atoms with Crippen LogP contribution in [0.5, 0.6) is 0 Å². The lowest BCUT2D eigenvalue weighted by Gasteiger charge is -2.12. The molecule has 2 N–H and O–H groups in total. The first-order valence-corrected chi connectivity index (χ1v) is 7.16. The maximum absolute atomic E-state index is 12.3. The van der Waals surface area contributed by atoms with E-state index in [0.717, 1.165) is 33.4 Å². The number of nitrogens with zero attached hydrogens (tertiary/aromatic N) is 1. The van der Waals surface area contributed by atoms with E-state index in [4.69, 9.17) is 4.74 Å². The molecule has 1 aliphatic heterocycles. The van der Waals surface area contributed by atoms with Gasteiger partial charge in [0.2, 0.25) is 0 Å². The fourth-order valence-corrected chi connectivity index (χ4v) is 2.80. The van der Waals surface area contributed by atoms with E-state index in [1.54, 1.807) is 0 Å². The number of hydrogen-bond donors (Lipinski definition) is 2. The zero-order valence-electron chi connectivity index (χ0n) is 11.0. The van der Waals surface area contributed by atoms with Crippen molar-refractivity contribution in [2.45, 2.75) is 20.0 Å². The molecule has 0 saturated carbocycles. The minimum Gasteiger partial charge on any atom is -0.376 e. The number of fused-ring (bicyclic) bond motifs is 1. The Hall–Kier alpha value is -1.66. The van der Waals surface area contributed by atoms with E-state index in [1.807, 2.05) is 25.1 Å². The molecular formula is C14H14BrN3O2. The van der Waals surface area contributed by atoms with E-state index in [9.17, 15) is 4.79 Å². The highest BCUT2D eigenvalue weighted by atomic mass is 79.9. The second-order valence-electron chi connectivity index (χ2n) is 4.77. The lowest BCUT2D eigenvalue weighted by atomic mass is 10.1. The highest BCUT2D eigenvalue weighted by Gasteiger charge is 2.22. The molecule has 5 nitrogen and oxygen atoms in total. The van der Waals surface area contributed by atoms with Gasteiger partial charge in [0.15, 0.2) is 5.69 Å². The molecule has 1 amide bonds. The number of aromatic nitrogens is 2. The topological polar surface area (TPSA) is 67.0 Å². The number of carbonyl (C=O) groups excluding carboxylic acids is 1. The second kappa shape index (κ2) is 5.38. The highest BCUT2D eigenvalue weighted by molar-refractivity contribution is 9.10. The Balaban J connectivity index is 1.84. The molecule has 0 aliphatic carbocycles. The van der Waals surface area contributed by atoms with Crippen LogP contribution in [0.15, 0.2) is 22.7 Å². The van der Waals surface area contributed by atoms with E-state index in [1.165, 1.54) is 0 Å². The zero-order valence-corrected chi connectivity index (χ0v) is 12.6. The Labute approximate surface area is 124 Å². The minimum absolute atomic E-state index is 0.224. The lowest BCUT2D eigenvalue weighted by molar-refractivity contribution is 0.0985. The normalized spacial score (nSPS) is 13.9. The van der Waals surface area contributed by atoms with Crippen LogP contribution < -0.4 is 5.32 Å². The van der Waals surface area contributed by atoms with Gasteiger partial charge in [0.05, 0.1) is 18.9 Å². The van der Waals surface area contributed by atoms with E-state index in [-0.39, 0.29) is 5.91 Å². The van der Waals surface area contributed by atoms with E-state index < -0.39 is 0 Å². The summed E-state index contributed by atoms with van der Waals surface area (Å²) in [6, 6.07) is 5.77. The number of amides is 1. The number of carbonyl (C=O) groups is 1. The van der Waals surface area contributed by atoms with Gasteiger partial charge in [0.25, 0.3) is 5.91 Å². The molecule has 3 rings (SSSR count). The third kappa shape index (κ3) is 2.48. The average Bonchev–Trinajstić information content (AvgIpc) is 2.86. The highest BCUT2D eigenvalue weighted by Crippen LogP contribution is 2.25. The number of benzene rings is 1. The van der Waals surface area contributed by atoms with Gasteiger partial charge in [-0.25, -0.2) is 0 Å². The third-order valence-electron chi connectivity index (χ3n) is 3.28. The Morgan fingerprint density at radius 3 is 3.15 bits per heavy atom. The van der Waals surface area contributed by atoms with Crippen molar-refractivity contribution in [1.82, 2.24) is 10.2 Å². The zero-order chi connectivity index (χ0) is 14.1. The number of aromatic amines is 1. The van der Waals surface area contributed by atoms with Crippen LogP contribution in [-0.2, 0) is 17.8 Å². The predicted molar refractivity (Wildman–Crippen MR) is 78.8 cm³/mol. The van der Waals surface area contributed by atoms with Crippen LogP contribution in [0.3, 0.4) is 0 Å². The van der Waals surface area contributed by atoms with Crippen LogP contribution in [-0.4, -0.2) is 22.7 Å². The Bertz CT molecular complexity index is 666. The molecule has 0 bridgehead atoms. The molecule has 0 atom stereocenters. The van der Waals surface area contributed by atoms with Crippen molar-refractivity contribution in [2.75, 3.05) is 11.9 Å². The standard InChI is InChI=1S/C14H14BrN3O2/c1-8-2-3-12(10(15)6-8)16-14(19)13-9-7-20-5-4-11(9)17-18-13/h2-3,6H,4-5,7H2,1H3,(H,16,19)(H,17,18). The van der Waals surface area contributed by atoms with Crippen LogP contribution in [0.1, 0.15) is 27.3 Å². The number of anilines is 1. The quantitative estimate of drug-likeness (QED) is 0.886. The van der Waals surface area contributed by atoms with Crippen LogP contribution in [0.2, 0.25) is 0 Å². The smallest absolute Gasteiger partial charge is 0.276 e. The average molecular weight is 336 g/mol. The number of hydrogen-bond acceptors (Lipinski definition) is 3. The van der Waals surface area contributed by atoms with Gasteiger partial charge in [-0.15, -0.1) is 0 Å². The van der Waals surface area contributed by atoms with Gasteiger partial charge in [0, 0.05) is 22.2 Å². The van der Waals surface area contributed by atoms with Crippen molar-refractivity contribution in [3.63, 3.8) is 0 Å². The van der Waals surface area contributed by atoms with Crippen molar-refractivity contribution in [3.05, 3.63) is 45.2 Å². The van der Waals surface area contributed by atoms with Crippen molar-refractivity contribution in [3.8, 4) is 0 Å². The summed E-state index contributed by atoms with van der Waals surface area (Å²) in [7, 11) is 0. The first-order chi connectivity index (χ1) is 9.65. The summed E-state index contributed by atoms with van der Waals surface area (Å²) in [5.74, 6) is -0.224. The van der Waals surface area contributed by atoms with E-state index >= 15 is 0 Å². The molecule has 20 heavy (non-hydrogen) atoms. The summed E-state index contributed by atoms with van der Waals surface area (Å²) in [6.45, 7) is 3.10. The molecule has 0 saturated heterocycles.